The number of hydrogen-bond acceptors (Lipinski definition) is 5. The van der Waals surface area contributed by atoms with Crippen LogP contribution >= 0.6 is 0 Å². The third kappa shape index (κ3) is 2.08. The zero-order chi connectivity index (χ0) is 11.7. The molecular formula is C11H16N6. The molecule has 3 heterocycles. The lowest BCUT2D eigenvalue weighted by atomic mass is 10.0. The van der Waals surface area contributed by atoms with Crippen LogP contribution in [0.2, 0.25) is 0 Å². The third-order valence-electron chi connectivity index (χ3n) is 3.18. The summed E-state index contributed by atoms with van der Waals surface area (Å²) >= 11 is 0. The van der Waals surface area contributed by atoms with Gasteiger partial charge in [-0.25, -0.2) is 4.98 Å². The van der Waals surface area contributed by atoms with E-state index in [1.165, 1.54) is 0 Å². The molecular weight excluding hydrogens is 216 g/mol. The maximum atomic E-state index is 4.34. The smallest absolute Gasteiger partial charge is 0.203 e. The Balaban J connectivity index is 1.82. The van der Waals surface area contributed by atoms with Crippen molar-refractivity contribution < 1.29 is 0 Å². The Kier molecular flexibility index (Phi) is 2.64. The first kappa shape index (κ1) is 10.5. The van der Waals surface area contributed by atoms with Crippen LogP contribution in [0.1, 0.15) is 19.8 Å². The first-order chi connectivity index (χ1) is 8.33. The van der Waals surface area contributed by atoms with E-state index in [-0.39, 0.29) is 0 Å². The molecule has 3 rings (SSSR count). The van der Waals surface area contributed by atoms with Crippen LogP contribution in [0.3, 0.4) is 0 Å². The second-order valence-electron chi connectivity index (χ2n) is 4.56. The maximum absolute atomic E-state index is 4.34. The number of rotatable bonds is 2. The molecule has 0 radical (unpaired) electrons. The zero-order valence-electron chi connectivity index (χ0n) is 9.80. The van der Waals surface area contributed by atoms with Crippen LogP contribution in [-0.4, -0.2) is 38.2 Å². The van der Waals surface area contributed by atoms with Gasteiger partial charge >= 0.3 is 0 Å². The van der Waals surface area contributed by atoms with Crippen LogP contribution in [0.5, 0.6) is 0 Å². The highest BCUT2D eigenvalue weighted by Crippen LogP contribution is 2.16. The second kappa shape index (κ2) is 4.29. The molecule has 2 aromatic heterocycles. The molecule has 2 atom stereocenters. The van der Waals surface area contributed by atoms with Crippen molar-refractivity contribution in [3.63, 3.8) is 0 Å². The van der Waals surface area contributed by atoms with Gasteiger partial charge in [-0.05, 0) is 26.3 Å². The fraction of sp³-hybridized carbons (Fsp3) is 0.545. The van der Waals surface area contributed by atoms with E-state index in [0.717, 1.165) is 30.9 Å². The quantitative estimate of drug-likeness (QED) is 0.797. The van der Waals surface area contributed by atoms with Crippen molar-refractivity contribution in [1.29, 1.82) is 0 Å². The average molecular weight is 232 g/mol. The van der Waals surface area contributed by atoms with E-state index in [0.29, 0.717) is 12.1 Å². The lowest BCUT2D eigenvalue weighted by Crippen LogP contribution is -2.41. The standard InChI is InChI=1S/C11H16N6/c1-8-6-9(2-3-12-8)15-10-11-16-14-7-17(11)5-4-13-10/h4-5,7-9,12H,2-3,6H2,1H3,(H,13,15). The predicted octanol–water partition coefficient (Wildman–Crippen LogP) is 0.677. The molecule has 6 nitrogen and oxygen atoms in total. The van der Waals surface area contributed by atoms with Crippen LogP contribution < -0.4 is 10.6 Å². The molecule has 1 aliphatic heterocycles. The number of fused-ring (bicyclic) bond motifs is 1. The van der Waals surface area contributed by atoms with E-state index in [2.05, 4.69) is 32.7 Å². The molecule has 1 saturated heterocycles. The number of piperidine rings is 1. The SMILES string of the molecule is CC1CC(Nc2nccn3cnnc23)CCN1. The Labute approximate surface area is 99.5 Å². The summed E-state index contributed by atoms with van der Waals surface area (Å²) < 4.78 is 1.87. The van der Waals surface area contributed by atoms with Crippen molar-refractivity contribution in [1.82, 2.24) is 24.9 Å². The van der Waals surface area contributed by atoms with Crippen molar-refractivity contribution >= 4 is 11.5 Å². The van der Waals surface area contributed by atoms with Crippen LogP contribution in [0.4, 0.5) is 5.82 Å². The van der Waals surface area contributed by atoms with Crippen molar-refractivity contribution in [2.24, 2.45) is 0 Å². The van der Waals surface area contributed by atoms with Gasteiger partial charge in [-0.2, -0.15) is 0 Å². The monoisotopic (exact) mass is 232 g/mol. The van der Waals surface area contributed by atoms with Crippen molar-refractivity contribution in [3.8, 4) is 0 Å². The Morgan fingerprint density at radius 1 is 1.53 bits per heavy atom. The molecule has 17 heavy (non-hydrogen) atoms. The molecule has 0 amide bonds. The normalized spacial score (nSPS) is 25.0. The molecule has 2 N–H and O–H groups in total. The minimum Gasteiger partial charge on any atom is -0.364 e. The van der Waals surface area contributed by atoms with Gasteiger partial charge in [0.05, 0.1) is 0 Å². The fourth-order valence-corrected chi connectivity index (χ4v) is 2.32. The molecule has 2 aromatic rings. The molecule has 1 aliphatic rings. The van der Waals surface area contributed by atoms with Crippen LogP contribution in [0, 0.1) is 0 Å². The van der Waals surface area contributed by atoms with Gasteiger partial charge < -0.3 is 10.6 Å². The lowest BCUT2D eigenvalue weighted by Gasteiger charge is -2.28. The first-order valence-corrected chi connectivity index (χ1v) is 5.97. The van der Waals surface area contributed by atoms with Crippen molar-refractivity contribution in [2.45, 2.75) is 31.8 Å². The highest BCUT2D eigenvalue weighted by Gasteiger charge is 2.19. The van der Waals surface area contributed by atoms with Gasteiger partial charge in [-0.3, -0.25) is 4.40 Å². The van der Waals surface area contributed by atoms with Crippen molar-refractivity contribution in [2.75, 3.05) is 11.9 Å². The van der Waals surface area contributed by atoms with Gasteiger partial charge in [-0.15, -0.1) is 10.2 Å². The van der Waals surface area contributed by atoms with Crippen LogP contribution in [-0.2, 0) is 0 Å². The summed E-state index contributed by atoms with van der Waals surface area (Å²) in [5, 5.41) is 14.9. The third-order valence-corrected chi connectivity index (χ3v) is 3.18. The molecule has 0 aromatic carbocycles. The van der Waals surface area contributed by atoms with Crippen LogP contribution in [0.25, 0.3) is 5.65 Å². The van der Waals surface area contributed by atoms with E-state index >= 15 is 0 Å². The molecule has 6 heteroatoms. The molecule has 1 fully saturated rings. The summed E-state index contributed by atoms with van der Waals surface area (Å²) in [5.41, 5.74) is 0.790. The molecule has 90 valence electrons. The number of nitrogens with one attached hydrogen (secondary N) is 2. The number of nitrogens with zero attached hydrogens (tertiary/aromatic N) is 4. The van der Waals surface area contributed by atoms with Gasteiger partial charge in [0.25, 0.3) is 0 Å². The lowest BCUT2D eigenvalue weighted by molar-refractivity contribution is 0.396. The molecule has 0 aliphatic carbocycles. The molecule has 2 unspecified atom stereocenters. The summed E-state index contributed by atoms with van der Waals surface area (Å²) in [6, 6.07) is 1.01. The first-order valence-electron chi connectivity index (χ1n) is 5.97. The maximum Gasteiger partial charge on any atom is 0.203 e. The van der Waals surface area contributed by atoms with Crippen LogP contribution in [0.15, 0.2) is 18.7 Å². The molecule has 0 bridgehead atoms. The summed E-state index contributed by atoms with van der Waals surface area (Å²) in [7, 11) is 0. The number of hydrogen-bond donors (Lipinski definition) is 2. The van der Waals surface area contributed by atoms with E-state index in [1.54, 1.807) is 12.5 Å². The summed E-state index contributed by atoms with van der Waals surface area (Å²) in [4.78, 5) is 4.34. The van der Waals surface area contributed by atoms with Gasteiger partial charge in [0, 0.05) is 24.5 Å². The topological polar surface area (TPSA) is 67.1 Å². The van der Waals surface area contributed by atoms with E-state index in [4.69, 9.17) is 0 Å². The summed E-state index contributed by atoms with van der Waals surface area (Å²) in [5.74, 6) is 0.823. The highest BCUT2D eigenvalue weighted by molar-refractivity contribution is 5.61. The minimum absolute atomic E-state index is 0.460. The van der Waals surface area contributed by atoms with Gasteiger partial charge in [-0.1, -0.05) is 0 Å². The molecule has 0 saturated carbocycles. The molecule has 0 spiro atoms. The Morgan fingerprint density at radius 3 is 3.35 bits per heavy atom. The van der Waals surface area contributed by atoms with E-state index < -0.39 is 0 Å². The van der Waals surface area contributed by atoms with Crippen molar-refractivity contribution in [3.05, 3.63) is 18.7 Å². The minimum atomic E-state index is 0.460. The van der Waals surface area contributed by atoms with E-state index in [9.17, 15) is 0 Å². The summed E-state index contributed by atoms with van der Waals surface area (Å²) in [6.07, 6.45) is 7.53. The summed E-state index contributed by atoms with van der Waals surface area (Å²) in [6.45, 7) is 3.26. The Bertz CT molecular complexity index is 507. The predicted molar refractivity (Wildman–Crippen MR) is 64.9 cm³/mol. The highest BCUT2D eigenvalue weighted by atomic mass is 15.2. The van der Waals surface area contributed by atoms with E-state index in [1.807, 2.05) is 10.6 Å². The zero-order valence-corrected chi connectivity index (χ0v) is 9.80. The largest absolute Gasteiger partial charge is 0.364 e. The number of anilines is 1. The second-order valence-corrected chi connectivity index (χ2v) is 4.56. The van der Waals surface area contributed by atoms with Gasteiger partial charge in [0.15, 0.2) is 5.82 Å². The fourth-order valence-electron chi connectivity index (χ4n) is 2.32. The average Bonchev–Trinajstić information content (AvgIpc) is 2.78. The van der Waals surface area contributed by atoms with Gasteiger partial charge in [0.1, 0.15) is 6.33 Å². The van der Waals surface area contributed by atoms with Gasteiger partial charge in [0.2, 0.25) is 5.65 Å². The number of aromatic nitrogens is 4. The Hall–Kier alpha value is -1.69. The Morgan fingerprint density at radius 2 is 2.47 bits per heavy atom.